The van der Waals surface area contributed by atoms with Crippen molar-refractivity contribution in [2.75, 3.05) is 7.05 Å². The van der Waals surface area contributed by atoms with E-state index in [1.807, 2.05) is 23.1 Å². The Hall–Kier alpha value is -2.20. The Morgan fingerprint density at radius 3 is 2.59 bits per heavy atom. The molecule has 0 saturated carbocycles. The number of amides is 1. The zero-order chi connectivity index (χ0) is 15.5. The molecule has 1 atom stereocenters. The van der Waals surface area contributed by atoms with Crippen LogP contribution in [0.4, 0.5) is 4.39 Å². The van der Waals surface area contributed by atoms with Crippen molar-refractivity contribution < 1.29 is 9.18 Å². The standard InChI is InChI=1S/C18H19FN2O/c1-20-18(22)17-10-13-6-2-3-7-14(13)11-21(17)12-15-8-4-5-9-16(15)19/h2-9,17H,10-12H2,1H3,(H,20,22)/t17-/m1/s1. The first kappa shape index (κ1) is 14.7. The maximum absolute atomic E-state index is 13.9. The van der Waals surface area contributed by atoms with Crippen LogP contribution in [0.2, 0.25) is 0 Å². The minimum atomic E-state index is -0.264. The van der Waals surface area contributed by atoms with Gasteiger partial charge in [-0.1, -0.05) is 42.5 Å². The second kappa shape index (κ2) is 6.28. The Morgan fingerprint density at radius 2 is 1.86 bits per heavy atom. The molecule has 2 aromatic carbocycles. The fourth-order valence-electron chi connectivity index (χ4n) is 3.01. The van der Waals surface area contributed by atoms with Gasteiger partial charge in [0.2, 0.25) is 5.91 Å². The van der Waals surface area contributed by atoms with Crippen LogP contribution in [-0.2, 0) is 24.3 Å². The first-order chi connectivity index (χ1) is 10.7. The number of benzene rings is 2. The molecule has 1 aliphatic rings. The lowest BCUT2D eigenvalue weighted by Gasteiger charge is -2.35. The van der Waals surface area contributed by atoms with Crippen molar-refractivity contribution in [3.63, 3.8) is 0 Å². The average Bonchev–Trinajstić information content (AvgIpc) is 2.55. The molecule has 22 heavy (non-hydrogen) atoms. The fourth-order valence-corrected chi connectivity index (χ4v) is 3.01. The second-order valence-corrected chi connectivity index (χ2v) is 5.60. The van der Waals surface area contributed by atoms with Crippen LogP contribution in [0.1, 0.15) is 16.7 Å². The van der Waals surface area contributed by atoms with E-state index in [-0.39, 0.29) is 17.8 Å². The molecule has 0 spiro atoms. The van der Waals surface area contributed by atoms with Gasteiger partial charge in [-0.15, -0.1) is 0 Å². The molecule has 1 N–H and O–H groups in total. The predicted molar refractivity (Wildman–Crippen MR) is 83.6 cm³/mol. The van der Waals surface area contributed by atoms with Crippen LogP contribution >= 0.6 is 0 Å². The zero-order valence-corrected chi connectivity index (χ0v) is 12.6. The number of fused-ring (bicyclic) bond motifs is 1. The van der Waals surface area contributed by atoms with Crippen LogP contribution < -0.4 is 5.32 Å². The number of rotatable bonds is 3. The molecule has 3 nitrogen and oxygen atoms in total. The molecule has 0 saturated heterocycles. The summed E-state index contributed by atoms with van der Waals surface area (Å²) in [5.74, 6) is -0.247. The van der Waals surface area contributed by atoms with E-state index in [1.165, 1.54) is 17.2 Å². The summed E-state index contributed by atoms with van der Waals surface area (Å²) < 4.78 is 13.9. The number of halogens is 1. The van der Waals surface area contributed by atoms with Crippen molar-refractivity contribution in [2.45, 2.75) is 25.6 Å². The maximum Gasteiger partial charge on any atom is 0.237 e. The molecule has 0 aromatic heterocycles. The Balaban J connectivity index is 1.90. The van der Waals surface area contributed by atoms with E-state index >= 15 is 0 Å². The minimum absolute atomic E-state index is 0.0224. The summed E-state index contributed by atoms with van der Waals surface area (Å²) >= 11 is 0. The minimum Gasteiger partial charge on any atom is -0.358 e. The average molecular weight is 298 g/mol. The van der Waals surface area contributed by atoms with Crippen LogP contribution in [0, 0.1) is 5.82 Å². The third-order valence-corrected chi connectivity index (χ3v) is 4.23. The lowest BCUT2D eigenvalue weighted by Crippen LogP contribution is -2.49. The van der Waals surface area contributed by atoms with Gasteiger partial charge in [0.25, 0.3) is 0 Å². The van der Waals surface area contributed by atoms with E-state index in [4.69, 9.17) is 0 Å². The molecule has 114 valence electrons. The lowest BCUT2D eigenvalue weighted by molar-refractivity contribution is -0.126. The largest absolute Gasteiger partial charge is 0.358 e. The van der Waals surface area contributed by atoms with E-state index in [2.05, 4.69) is 17.4 Å². The number of hydrogen-bond donors (Lipinski definition) is 1. The van der Waals surface area contributed by atoms with Gasteiger partial charge in [0.05, 0.1) is 6.04 Å². The maximum atomic E-state index is 13.9. The Labute approximate surface area is 129 Å². The summed E-state index contributed by atoms with van der Waals surface area (Å²) in [4.78, 5) is 14.3. The van der Waals surface area contributed by atoms with E-state index in [9.17, 15) is 9.18 Å². The Kier molecular flexibility index (Phi) is 4.20. The van der Waals surface area contributed by atoms with Crippen molar-refractivity contribution in [1.82, 2.24) is 10.2 Å². The summed E-state index contributed by atoms with van der Waals surface area (Å²) in [7, 11) is 1.64. The van der Waals surface area contributed by atoms with Gasteiger partial charge < -0.3 is 5.32 Å². The molecule has 0 radical (unpaired) electrons. The molecule has 2 aromatic rings. The van der Waals surface area contributed by atoms with E-state index in [0.717, 1.165) is 0 Å². The molecule has 1 aliphatic heterocycles. The first-order valence-corrected chi connectivity index (χ1v) is 7.45. The van der Waals surface area contributed by atoms with Crippen molar-refractivity contribution in [2.24, 2.45) is 0 Å². The molecule has 3 rings (SSSR count). The van der Waals surface area contributed by atoms with E-state index in [1.54, 1.807) is 19.2 Å². The van der Waals surface area contributed by atoms with E-state index < -0.39 is 0 Å². The summed E-state index contributed by atoms with van der Waals surface area (Å²) in [5, 5.41) is 2.72. The molecule has 0 aliphatic carbocycles. The molecule has 0 bridgehead atoms. The van der Waals surface area contributed by atoms with Gasteiger partial charge in [-0.05, 0) is 23.6 Å². The van der Waals surface area contributed by atoms with Gasteiger partial charge in [-0.3, -0.25) is 9.69 Å². The highest BCUT2D eigenvalue weighted by Gasteiger charge is 2.31. The molecular weight excluding hydrogens is 279 g/mol. The molecule has 0 fully saturated rings. The van der Waals surface area contributed by atoms with Gasteiger partial charge in [0.15, 0.2) is 0 Å². The van der Waals surface area contributed by atoms with Gasteiger partial charge in [0.1, 0.15) is 5.82 Å². The van der Waals surface area contributed by atoms with Crippen molar-refractivity contribution >= 4 is 5.91 Å². The van der Waals surface area contributed by atoms with Crippen molar-refractivity contribution in [3.8, 4) is 0 Å². The fraction of sp³-hybridized carbons (Fsp3) is 0.278. The Morgan fingerprint density at radius 1 is 1.18 bits per heavy atom. The third kappa shape index (κ3) is 2.88. The quantitative estimate of drug-likeness (QED) is 0.944. The SMILES string of the molecule is CNC(=O)[C@H]1Cc2ccccc2CN1Cc1ccccc1F. The van der Waals surface area contributed by atoms with Crippen LogP contribution in [-0.4, -0.2) is 23.9 Å². The molecule has 4 heteroatoms. The highest BCUT2D eigenvalue weighted by Crippen LogP contribution is 2.25. The summed E-state index contributed by atoms with van der Waals surface area (Å²) in [6.45, 7) is 1.09. The number of carbonyl (C=O) groups is 1. The highest BCUT2D eigenvalue weighted by atomic mass is 19.1. The molecule has 0 unspecified atom stereocenters. The molecule has 1 amide bonds. The highest BCUT2D eigenvalue weighted by molar-refractivity contribution is 5.82. The number of hydrogen-bond acceptors (Lipinski definition) is 2. The third-order valence-electron chi connectivity index (χ3n) is 4.23. The predicted octanol–water partition coefficient (Wildman–Crippen LogP) is 2.50. The van der Waals surface area contributed by atoms with Crippen molar-refractivity contribution in [3.05, 3.63) is 71.0 Å². The van der Waals surface area contributed by atoms with Crippen LogP contribution in [0.5, 0.6) is 0 Å². The van der Waals surface area contributed by atoms with Crippen LogP contribution in [0.3, 0.4) is 0 Å². The molecule has 1 heterocycles. The number of carbonyl (C=O) groups excluding carboxylic acids is 1. The van der Waals surface area contributed by atoms with Crippen LogP contribution in [0.15, 0.2) is 48.5 Å². The smallest absolute Gasteiger partial charge is 0.237 e. The van der Waals surface area contributed by atoms with Gasteiger partial charge in [-0.25, -0.2) is 4.39 Å². The Bertz CT molecular complexity index is 686. The van der Waals surface area contributed by atoms with E-state index in [0.29, 0.717) is 25.1 Å². The first-order valence-electron chi connectivity index (χ1n) is 7.45. The summed E-state index contributed by atoms with van der Waals surface area (Å²) in [6.07, 6.45) is 0.657. The van der Waals surface area contributed by atoms with Gasteiger partial charge >= 0.3 is 0 Å². The lowest BCUT2D eigenvalue weighted by atomic mass is 9.93. The van der Waals surface area contributed by atoms with Gasteiger partial charge in [0, 0.05) is 25.7 Å². The number of likely N-dealkylation sites (N-methyl/N-ethyl adjacent to an activating group) is 1. The monoisotopic (exact) mass is 298 g/mol. The summed E-state index contributed by atoms with van der Waals surface area (Å²) in [6, 6.07) is 14.6. The van der Waals surface area contributed by atoms with Crippen molar-refractivity contribution in [1.29, 1.82) is 0 Å². The van der Waals surface area contributed by atoms with Gasteiger partial charge in [-0.2, -0.15) is 0 Å². The second-order valence-electron chi connectivity index (χ2n) is 5.60. The zero-order valence-electron chi connectivity index (χ0n) is 12.6. The number of nitrogens with one attached hydrogen (secondary N) is 1. The topological polar surface area (TPSA) is 32.3 Å². The normalized spacial score (nSPS) is 17.8. The van der Waals surface area contributed by atoms with Crippen LogP contribution in [0.25, 0.3) is 0 Å². The number of nitrogens with zero attached hydrogens (tertiary/aromatic N) is 1. The summed E-state index contributed by atoms with van der Waals surface area (Å²) in [5.41, 5.74) is 3.02. The molecular formula is C18H19FN2O.